The van der Waals surface area contributed by atoms with E-state index in [-0.39, 0.29) is 17.8 Å². The molecular weight excluding hydrogens is 356 g/mol. The third-order valence-electron chi connectivity index (χ3n) is 5.63. The molecule has 28 heavy (non-hydrogen) atoms. The summed E-state index contributed by atoms with van der Waals surface area (Å²) in [4.78, 5) is 35.4. The molecule has 0 radical (unpaired) electrons. The van der Waals surface area contributed by atoms with Gasteiger partial charge in [0.05, 0.1) is 11.6 Å². The number of nitrogens with zero attached hydrogens (tertiary/aromatic N) is 2. The molecule has 1 saturated heterocycles. The van der Waals surface area contributed by atoms with Crippen molar-refractivity contribution in [3.8, 4) is 0 Å². The number of carbonyl (C=O) groups excluding carboxylic acids is 2. The lowest BCUT2D eigenvalue weighted by Crippen LogP contribution is -2.48. The van der Waals surface area contributed by atoms with Gasteiger partial charge in [0.25, 0.3) is 5.91 Å². The Morgan fingerprint density at radius 3 is 2.89 bits per heavy atom. The van der Waals surface area contributed by atoms with Gasteiger partial charge in [0.1, 0.15) is 0 Å². The lowest BCUT2D eigenvalue weighted by molar-refractivity contribution is -0.150. The second kappa shape index (κ2) is 7.50. The SMILES string of the molecule is Cc1c[nH]c(C(N)=NOC(=O)[C@H]2CC[C@@H]3CCc4ccccc4C(=O)N3C2)c1. The number of fused-ring (bicyclic) bond motifs is 2. The van der Waals surface area contributed by atoms with Gasteiger partial charge in [-0.1, -0.05) is 23.4 Å². The first kappa shape index (κ1) is 18.3. The number of nitrogens with one attached hydrogen (secondary N) is 1. The topological polar surface area (TPSA) is 101 Å². The Labute approximate surface area is 163 Å². The number of oxime groups is 1. The Kier molecular flexibility index (Phi) is 4.90. The number of amides is 1. The molecule has 1 aromatic heterocycles. The molecule has 146 valence electrons. The van der Waals surface area contributed by atoms with Gasteiger partial charge < -0.3 is 20.5 Å². The number of aromatic nitrogens is 1. The maximum Gasteiger partial charge on any atom is 0.339 e. The molecule has 0 bridgehead atoms. The van der Waals surface area contributed by atoms with E-state index < -0.39 is 11.9 Å². The van der Waals surface area contributed by atoms with Crippen molar-refractivity contribution in [2.24, 2.45) is 16.8 Å². The normalized spacial score (nSPS) is 22.2. The minimum Gasteiger partial charge on any atom is -0.379 e. The van der Waals surface area contributed by atoms with E-state index in [0.29, 0.717) is 18.7 Å². The van der Waals surface area contributed by atoms with Crippen molar-refractivity contribution < 1.29 is 14.4 Å². The van der Waals surface area contributed by atoms with Crippen molar-refractivity contribution >= 4 is 17.7 Å². The predicted molar refractivity (Wildman–Crippen MR) is 105 cm³/mol. The average Bonchev–Trinajstić information content (AvgIpc) is 3.10. The molecule has 1 amide bonds. The second-order valence-corrected chi connectivity index (χ2v) is 7.56. The molecule has 7 nitrogen and oxygen atoms in total. The van der Waals surface area contributed by atoms with Crippen LogP contribution >= 0.6 is 0 Å². The average molecular weight is 380 g/mol. The molecule has 3 N–H and O–H groups in total. The van der Waals surface area contributed by atoms with Gasteiger partial charge in [0.15, 0.2) is 5.84 Å². The largest absolute Gasteiger partial charge is 0.379 e. The van der Waals surface area contributed by atoms with Crippen molar-refractivity contribution in [2.75, 3.05) is 6.54 Å². The number of carbonyl (C=O) groups is 2. The first-order chi connectivity index (χ1) is 13.5. The molecule has 3 heterocycles. The summed E-state index contributed by atoms with van der Waals surface area (Å²) in [6, 6.07) is 9.71. The maximum absolute atomic E-state index is 13.0. The molecule has 1 fully saturated rings. The smallest absolute Gasteiger partial charge is 0.339 e. The lowest BCUT2D eigenvalue weighted by Gasteiger charge is -2.37. The highest BCUT2D eigenvalue weighted by atomic mass is 16.7. The highest BCUT2D eigenvalue weighted by Crippen LogP contribution is 2.31. The lowest BCUT2D eigenvalue weighted by atomic mass is 9.91. The molecule has 2 aromatic rings. The number of rotatable bonds is 3. The first-order valence-corrected chi connectivity index (χ1v) is 9.61. The molecule has 0 unspecified atom stereocenters. The Bertz CT molecular complexity index is 933. The second-order valence-electron chi connectivity index (χ2n) is 7.56. The molecule has 2 aliphatic rings. The van der Waals surface area contributed by atoms with Crippen LogP contribution in [0.2, 0.25) is 0 Å². The molecule has 1 aromatic carbocycles. The Morgan fingerprint density at radius 2 is 2.11 bits per heavy atom. The number of hydrogen-bond donors (Lipinski definition) is 2. The van der Waals surface area contributed by atoms with E-state index in [4.69, 9.17) is 10.6 Å². The number of piperidine rings is 1. The summed E-state index contributed by atoms with van der Waals surface area (Å²) >= 11 is 0. The Morgan fingerprint density at radius 1 is 1.29 bits per heavy atom. The van der Waals surface area contributed by atoms with Crippen LogP contribution in [0.3, 0.4) is 0 Å². The third kappa shape index (κ3) is 3.52. The van der Waals surface area contributed by atoms with E-state index in [2.05, 4.69) is 10.1 Å². The molecule has 0 spiro atoms. The van der Waals surface area contributed by atoms with Crippen LogP contribution in [0.1, 0.15) is 46.4 Å². The van der Waals surface area contributed by atoms with Gasteiger partial charge in [-0.25, -0.2) is 4.79 Å². The molecule has 2 aliphatic heterocycles. The summed E-state index contributed by atoms with van der Waals surface area (Å²) in [6.07, 6.45) is 5.06. The maximum atomic E-state index is 13.0. The molecule has 0 saturated carbocycles. The van der Waals surface area contributed by atoms with Gasteiger partial charge in [-0.2, -0.15) is 0 Å². The molecule has 0 aliphatic carbocycles. The van der Waals surface area contributed by atoms with E-state index in [9.17, 15) is 9.59 Å². The minimum atomic E-state index is -0.449. The fraction of sp³-hybridized carbons (Fsp3) is 0.381. The van der Waals surface area contributed by atoms with E-state index >= 15 is 0 Å². The fourth-order valence-electron chi connectivity index (χ4n) is 4.06. The zero-order valence-electron chi connectivity index (χ0n) is 15.9. The van der Waals surface area contributed by atoms with E-state index in [0.717, 1.165) is 36.0 Å². The van der Waals surface area contributed by atoms with Crippen LogP contribution in [0.15, 0.2) is 41.7 Å². The van der Waals surface area contributed by atoms with Crippen molar-refractivity contribution in [2.45, 2.75) is 38.6 Å². The minimum absolute atomic E-state index is 0.000441. The number of aryl methyl sites for hydroxylation is 2. The van der Waals surface area contributed by atoms with Crippen molar-refractivity contribution in [1.82, 2.24) is 9.88 Å². The number of hydrogen-bond acceptors (Lipinski definition) is 4. The van der Waals surface area contributed by atoms with Crippen LogP contribution in [-0.4, -0.2) is 40.2 Å². The summed E-state index contributed by atoms with van der Waals surface area (Å²) in [7, 11) is 0. The summed E-state index contributed by atoms with van der Waals surface area (Å²) < 4.78 is 0. The summed E-state index contributed by atoms with van der Waals surface area (Å²) in [5, 5.41) is 3.77. The molecular formula is C21H24N4O3. The molecule has 7 heteroatoms. The van der Waals surface area contributed by atoms with Crippen molar-refractivity contribution in [3.63, 3.8) is 0 Å². The third-order valence-corrected chi connectivity index (χ3v) is 5.63. The van der Waals surface area contributed by atoms with Crippen LogP contribution in [0, 0.1) is 12.8 Å². The highest BCUT2D eigenvalue weighted by molar-refractivity contribution is 5.97. The molecule has 2 atom stereocenters. The number of amidine groups is 1. The van der Waals surface area contributed by atoms with Crippen LogP contribution in [0.5, 0.6) is 0 Å². The van der Waals surface area contributed by atoms with Crippen molar-refractivity contribution in [1.29, 1.82) is 0 Å². The van der Waals surface area contributed by atoms with E-state index in [1.807, 2.05) is 42.2 Å². The zero-order chi connectivity index (χ0) is 19.7. The Hall–Kier alpha value is -3.09. The van der Waals surface area contributed by atoms with Gasteiger partial charge in [-0.05, 0) is 55.9 Å². The van der Waals surface area contributed by atoms with Crippen LogP contribution < -0.4 is 5.73 Å². The molecule has 4 rings (SSSR count). The Balaban J connectivity index is 1.45. The van der Waals surface area contributed by atoms with Gasteiger partial charge in [0, 0.05) is 24.3 Å². The van der Waals surface area contributed by atoms with Gasteiger partial charge in [-0.15, -0.1) is 0 Å². The van der Waals surface area contributed by atoms with Gasteiger partial charge in [0.2, 0.25) is 0 Å². The monoisotopic (exact) mass is 380 g/mol. The first-order valence-electron chi connectivity index (χ1n) is 9.61. The quantitative estimate of drug-likeness (QED) is 0.369. The van der Waals surface area contributed by atoms with Crippen molar-refractivity contribution in [3.05, 3.63) is 58.9 Å². The summed E-state index contributed by atoms with van der Waals surface area (Å²) in [5.74, 6) is -0.724. The van der Waals surface area contributed by atoms with Gasteiger partial charge in [-0.3, -0.25) is 4.79 Å². The number of benzene rings is 1. The highest BCUT2D eigenvalue weighted by Gasteiger charge is 2.38. The van der Waals surface area contributed by atoms with E-state index in [1.165, 1.54) is 0 Å². The van der Waals surface area contributed by atoms with E-state index in [1.54, 1.807) is 6.20 Å². The fourth-order valence-corrected chi connectivity index (χ4v) is 4.06. The summed E-state index contributed by atoms with van der Waals surface area (Å²) in [5.41, 5.74) is 9.30. The standard InChI is InChI=1S/C21H24N4O3/c1-13-10-18(23-11-13)19(22)24-28-21(27)15-7-9-16-8-6-14-4-2-3-5-17(14)20(26)25(16)12-15/h2-5,10-11,15-16,23H,6-9,12H2,1H3,(H2,22,24)/t15-,16-/m0/s1. The number of nitrogens with two attached hydrogens (primary N) is 1. The van der Waals surface area contributed by atoms with Gasteiger partial charge >= 0.3 is 5.97 Å². The van der Waals surface area contributed by atoms with Crippen LogP contribution in [0.4, 0.5) is 0 Å². The van der Waals surface area contributed by atoms with Crippen LogP contribution in [-0.2, 0) is 16.1 Å². The summed E-state index contributed by atoms with van der Waals surface area (Å²) in [6.45, 7) is 2.28. The predicted octanol–water partition coefficient (Wildman–Crippen LogP) is 2.35. The number of H-pyrrole nitrogens is 1. The number of aromatic amines is 1. The zero-order valence-corrected chi connectivity index (χ0v) is 15.9. The van der Waals surface area contributed by atoms with Crippen LogP contribution in [0.25, 0.3) is 0 Å².